The maximum atomic E-state index is 12.4. The molecule has 2 unspecified atom stereocenters. The molecule has 7 nitrogen and oxygen atoms in total. The normalized spacial score (nSPS) is 24.4. The van der Waals surface area contributed by atoms with Crippen molar-refractivity contribution in [2.45, 2.75) is 70.5 Å². The molecule has 0 spiro atoms. The highest BCUT2D eigenvalue weighted by molar-refractivity contribution is 6.06. The molecule has 2 saturated heterocycles. The van der Waals surface area contributed by atoms with E-state index in [4.69, 9.17) is 5.73 Å². The van der Waals surface area contributed by atoms with Crippen molar-refractivity contribution < 1.29 is 14.4 Å². The van der Waals surface area contributed by atoms with Crippen molar-refractivity contribution in [3.63, 3.8) is 0 Å². The van der Waals surface area contributed by atoms with E-state index in [-0.39, 0.29) is 48.9 Å². The Kier molecular flexibility index (Phi) is 7.04. The predicted molar refractivity (Wildman–Crippen MR) is 93.8 cm³/mol. The molecule has 0 radical (unpaired) electrons. The second-order valence-electron chi connectivity index (χ2n) is 7.12. The van der Waals surface area contributed by atoms with E-state index in [0.29, 0.717) is 12.8 Å². The monoisotopic (exact) mass is 360 g/mol. The van der Waals surface area contributed by atoms with Crippen LogP contribution in [0.3, 0.4) is 0 Å². The zero-order chi connectivity index (χ0) is 17.2. The van der Waals surface area contributed by atoms with Gasteiger partial charge in [-0.15, -0.1) is 12.4 Å². The van der Waals surface area contributed by atoms with Crippen molar-refractivity contribution in [2.75, 3.05) is 13.1 Å². The molecule has 0 aromatic carbocycles. The van der Waals surface area contributed by atoms with Gasteiger partial charge in [0.15, 0.2) is 0 Å². The predicted octanol–water partition coefficient (Wildman–Crippen LogP) is 1.25. The second-order valence-corrected chi connectivity index (χ2v) is 7.12. The first-order valence-corrected chi connectivity index (χ1v) is 8.43. The van der Waals surface area contributed by atoms with Crippen LogP contribution in [-0.4, -0.2) is 58.4 Å². The number of hydrogen-bond acceptors (Lipinski definition) is 4. The molecule has 4 amide bonds. The number of rotatable bonds is 5. The highest BCUT2D eigenvalue weighted by Gasteiger charge is 2.43. The van der Waals surface area contributed by atoms with Crippen LogP contribution in [0.5, 0.6) is 0 Å². The van der Waals surface area contributed by atoms with Gasteiger partial charge in [0.2, 0.25) is 5.91 Å². The number of imide groups is 1. The minimum absolute atomic E-state index is 0. The Balaban J connectivity index is 0.00000288. The molecule has 0 aromatic rings. The van der Waals surface area contributed by atoms with Crippen LogP contribution in [0.4, 0.5) is 4.79 Å². The number of likely N-dealkylation sites (tertiary alicyclic amines) is 1. The van der Waals surface area contributed by atoms with E-state index in [2.05, 4.69) is 5.32 Å². The lowest BCUT2D eigenvalue weighted by Gasteiger charge is -2.38. The lowest BCUT2D eigenvalue weighted by Crippen LogP contribution is -2.51. The van der Waals surface area contributed by atoms with Gasteiger partial charge in [-0.1, -0.05) is 0 Å². The first kappa shape index (κ1) is 20.7. The lowest BCUT2D eigenvalue weighted by atomic mass is 9.96. The number of piperidine rings is 1. The first-order valence-electron chi connectivity index (χ1n) is 8.43. The number of carbonyl (C=O) groups excluding carboxylic acids is 3. The van der Waals surface area contributed by atoms with Gasteiger partial charge in [0.05, 0.1) is 0 Å². The molecule has 138 valence electrons. The van der Waals surface area contributed by atoms with Crippen molar-refractivity contribution in [1.82, 2.24) is 15.1 Å². The summed E-state index contributed by atoms with van der Waals surface area (Å²) in [4.78, 5) is 39.4. The van der Waals surface area contributed by atoms with E-state index in [1.165, 1.54) is 4.90 Å². The Morgan fingerprint density at radius 3 is 2.58 bits per heavy atom. The molecule has 0 bridgehead atoms. The van der Waals surface area contributed by atoms with Gasteiger partial charge < -0.3 is 16.0 Å². The smallest absolute Gasteiger partial charge is 0.325 e. The minimum Gasteiger partial charge on any atom is -0.338 e. The number of nitrogens with zero attached hydrogens (tertiary/aromatic N) is 2. The summed E-state index contributed by atoms with van der Waals surface area (Å²) in [6, 6.07) is -0.309. The molecule has 0 saturated carbocycles. The Hall–Kier alpha value is -1.34. The number of urea groups is 1. The summed E-state index contributed by atoms with van der Waals surface area (Å²) in [5.41, 5.74) is 5.14. The van der Waals surface area contributed by atoms with Crippen molar-refractivity contribution in [3.8, 4) is 0 Å². The highest BCUT2D eigenvalue weighted by Crippen LogP contribution is 2.21. The fourth-order valence-corrected chi connectivity index (χ4v) is 3.37. The number of nitrogens with one attached hydrogen (secondary N) is 1. The standard InChI is InChI=1S/C16H28N4O3.ClH/c1-11(17)12-7-4-5-9-19(12)13(21)8-6-10-20-14(22)16(2,3)18-15(20)23;/h11-12H,4-10,17H2,1-3H3,(H,18,23);1H. The van der Waals surface area contributed by atoms with Crippen LogP contribution >= 0.6 is 12.4 Å². The quantitative estimate of drug-likeness (QED) is 0.721. The van der Waals surface area contributed by atoms with E-state index < -0.39 is 5.54 Å². The molecule has 2 atom stereocenters. The molecular formula is C16H29ClN4O3. The third-order valence-corrected chi connectivity index (χ3v) is 4.69. The van der Waals surface area contributed by atoms with Crippen LogP contribution in [0.2, 0.25) is 0 Å². The maximum Gasteiger partial charge on any atom is 0.325 e. The van der Waals surface area contributed by atoms with Crippen LogP contribution in [0.25, 0.3) is 0 Å². The summed E-state index contributed by atoms with van der Waals surface area (Å²) >= 11 is 0. The van der Waals surface area contributed by atoms with Crippen molar-refractivity contribution in [1.29, 1.82) is 0 Å². The molecule has 24 heavy (non-hydrogen) atoms. The topological polar surface area (TPSA) is 95.7 Å². The molecule has 2 aliphatic rings. The van der Waals surface area contributed by atoms with Gasteiger partial charge in [0.1, 0.15) is 5.54 Å². The fraction of sp³-hybridized carbons (Fsp3) is 0.812. The van der Waals surface area contributed by atoms with Gasteiger partial charge in [0.25, 0.3) is 5.91 Å². The summed E-state index contributed by atoms with van der Waals surface area (Å²) in [6.07, 6.45) is 3.88. The Morgan fingerprint density at radius 1 is 1.38 bits per heavy atom. The van der Waals surface area contributed by atoms with Gasteiger partial charge in [-0.05, 0) is 46.5 Å². The third-order valence-electron chi connectivity index (χ3n) is 4.69. The van der Waals surface area contributed by atoms with E-state index in [1.54, 1.807) is 13.8 Å². The number of carbonyl (C=O) groups is 3. The highest BCUT2D eigenvalue weighted by atomic mass is 35.5. The summed E-state index contributed by atoms with van der Waals surface area (Å²) in [6.45, 7) is 6.32. The van der Waals surface area contributed by atoms with Crippen molar-refractivity contribution >= 4 is 30.3 Å². The molecule has 2 heterocycles. The van der Waals surface area contributed by atoms with E-state index in [0.717, 1.165) is 25.8 Å². The molecular weight excluding hydrogens is 332 g/mol. The van der Waals surface area contributed by atoms with E-state index in [1.807, 2.05) is 11.8 Å². The largest absolute Gasteiger partial charge is 0.338 e. The van der Waals surface area contributed by atoms with Crippen LogP contribution in [0.15, 0.2) is 0 Å². The van der Waals surface area contributed by atoms with Gasteiger partial charge in [-0.3, -0.25) is 14.5 Å². The molecule has 3 N–H and O–H groups in total. The van der Waals surface area contributed by atoms with Gasteiger partial charge >= 0.3 is 6.03 Å². The molecule has 0 aromatic heterocycles. The first-order chi connectivity index (χ1) is 10.7. The summed E-state index contributed by atoms with van der Waals surface area (Å²) < 4.78 is 0. The van der Waals surface area contributed by atoms with Crippen molar-refractivity contribution in [2.24, 2.45) is 5.73 Å². The lowest BCUT2D eigenvalue weighted by molar-refractivity contribution is -0.136. The maximum absolute atomic E-state index is 12.4. The molecule has 8 heteroatoms. The Bertz CT molecular complexity index is 496. The summed E-state index contributed by atoms with van der Waals surface area (Å²) in [5, 5.41) is 2.64. The van der Waals surface area contributed by atoms with Gasteiger partial charge in [0, 0.05) is 31.6 Å². The number of halogens is 1. The fourth-order valence-electron chi connectivity index (χ4n) is 3.37. The Labute approximate surface area is 149 Å². The van der Waals surface area contributed by atoms with Gasteiger partial charge in [-0.2, -0.15) is 0 Å². The van der Waals surface area contributed by atoms with Crippen LogP contribution < -0.4 is 11.1 Å². The minimum atomic E-state index is -0.853. The zero-order valence-electron chi connectivity index (χ0n) is 14.7. The Morgan fingerprint density at radius 2 is 2.04 bits per heavy atom. The number of amides is 4. The molecule has 2 rings (SSSR count). The summed E-state index contributed by atoms with van der Waals surface area (Å²) in [7, 11) is 0. The number of hydrogen-bond donors (Lipinski definition) is 2. The van der Waals surface area contributed by atoms with E-state index >= 15 is 0 Å². The van der Waals surface area contributed by atoms with Crippen LogP contribution in [0.1, 0.15) is 52.9 Å². The average molecular weight is 361 g/mol. The SMILES string of the molecule is CC(N)C1CCCCN1C(=O)CCCN1C(=O)NC(C)(C)C1=O.Cl. The van der Waals surface area contributed by atoms with Crippen LogP contribution in [0, 0.1) is 0 Å². The average Bonchev–Trinajstić information content (AvgIpc) is 2.68. The summed E-state index contributed by atoms with van der Waals surface area (Å²) in [5.74, 6) is -0.167. The van der Waals surface area contributed by atoms with E-state index in [9.17, 15) is 14.4 Å². The molecule has 2 aliphatic heterocycles. The molecule has 0 aliphatic carbocycles. The van der Waals surface area contributed by atoms with Crippen LogP contribution in [-0.2, 0) is 9.59 Å². The zero-order valence-corrected chi connectivity index (χ0v) is 15.5. The third kappa shape index (κ3) is 4.39. The second kappa shape index (κ2) is 8.16. The van der Waals surface area contributed by atoms with Crippen molar-refractivity contribution in [3.05, 3.63) is 0 Å². The molecule has 2 fully saturated rings. The number of nitrogens with two attached hydrogens (primary N) is 1. The van der Waals surface area contributed by atoms with Gasteiger partial charge in [-0.25, -0.2) is 4.79 Å².